The minimum absolute atomic E-state index is 0.145. The fourth-order valence-electron chi connectivity index (χ4n) is 8.24. The van der Waals surface area contributed by atoms with E-state index in [1.165, 1.54) is 0 Å². The maximum absolute atomic E-state index is 13.4. The highest BCUT2D eigenvalue weighted by atomic mass is 16.7. The number of hydrogen-bond acceptors (Lipinski definition) is 7. The molecule has 3 aliphatic heterocycles. The molecule has 0 amide bonds. The molecular formula is C20H26O7. The smallest absolute Gasteiger partial charge is 0.208 e. The van der Waals surface area contributed by atoms with Crippen molar-refractivity contribution in [2.45, 2.75) is 63.0 Å². The fourth-order valence-corrected chi connectivity index (χ4v) is 8.24. The topological polar surface area (TPSA) is 120 Å². The Bertz CT molecular complexity index is 793. The molecule has 0 aromatic carbocycles. The number of fused-ring (bicyclic) bond motifs is 3. The number of epoxide rings is 1. The second-order valence-electron chi connectivity index (χ2n) is 10.2. The van der Waals surface area contributed by atoms with Crippen molar-refractivity contribution in [2.75, 3.05) is 6.61 Å². The second-order valence-corrected chi connectivity index (χ2v) is 10.2. The van der Waals surface area contributed by atoms with Gasteiger partial charge in [0.25, 0.3) is 0 Å². The first kappa shape index (κ1) is 17.1. The molecule has 3 heterocycles. The normalized spacial score (nSPS) is 64.8. The van der Waals surface area contributed by atoms with Crippen LogP contribution in [0.3, 0.4) is 0 Å². The summed E-state index contributed by atoms with van der Waals surface area (Å²) in [5.74, 6) is -3.90. The summed E-state index contributed by atoms with van der Waals surface area (Å²) in [5, 5.41) is 45.0. The maximum atomic E-state index is 13.4. The van der Waals surface area contributed by atoms with Crippen LogP contribution in [0.25, 0.3) is 0 Å². The van der Waals surface area contributed by atoms with Gasteiger partial charge in [-0.25, -0.2) is 0 Å². The second kappa shape index (κ2) is 4.35. The molecule has 27 heavy (non-hydrogen) atoms. The summed E-state index contributed by atoms with van der Waals surface area (Å²) >= 11 is 0. The van der Waals surface area contributed by atoms with Gasteiger partial charge in [-0.1, -0.05) is 20.4 Å². The summed E-state index contributed by atoms with van der Waals surface area (Å²) in [6.45, 7) is 7.79. The lowest BCUT2D eigenvalue weighted by Gasteiger charge is -2.73. The third-order valence-electron chi connectivity index (χ3n) is 9.29. The van der Waals surface area contributed by atoms with Gasteiger partial charge in [0, 0.05) is 17.3 Å². The Labute approximate surface area is 157 Å². The third kappa shape index (κ3) is 1.35. The Morgan fingerprint density at radius 1 is 1.11 bits per heavy atom. The summed E-state index contributed by atoms with van der Waals surface area (Å²) in [6.07, 6.45) is -2.82. The molecule has 7 heteroatoms. The predicted molar refractivity (Wildman–Crippen MR) is 90.1 cm³/mol. The van der Waals surface area contributed by atoms with E-state index in [1.807, 2.05) is 13.8 Å². The molecule has 3 saturated heterocycles. The summed E-state index contributed by atoms with van der Waals surface area (Å²) in [6, 6.07) is 0. The molecule has 0 unspecified atom stereocenters. The molecule has 0 aromatic heterocycles. The molecule has 2 spiro atoms. The van der Waals surface area contributed by atoms with Crippen LogP contribution in [0, 0.1) is 34.0 Å². The largest absolute Gasteiger partial charge is 0.391 e. The van der Waals surface area contributed by atoms with Gasteiger partial charge in [0.15, 0.2) is 5.78 Å². The van der Waals surface area contributed by atoms with E-state index >= 15 is 0 Å². The highest BCUT2D eigenvalue weighted by molar-refractivity contribution is 6.05. The van der Waals surface area contributed by atoms with Crippen LogP contribution in [0.2, 0.25) is 0 Å². The molecule has 148 valence electrons. The number of ether oxygens (including phenoxy) is 2. The van der Waals surface area contributed by atoms with E-state index in [2.05, 4.69) is 6.58 Å². The first-order valence-corrected chi connectivity index (χ1v) is 9.87. The molecule has 4 bridgehead atoms. The Morgan fingerprint density at radius 2 is 1.81 bits per heavy atom. The molecule has 4 aliphatic carbocycles. The molecule has 4 saturated carbocycles. The van der Waals surface area contributed by atoms with Crippen molar-refractivity contribution < 1.29 is 34.7 Å². The van der Waals surface area contributed by atoms with Gasteiger partial charge in [-0.15, -0.1) is 0 Å². The molecule has 7 nitrogen and oxygen atoms in total. The van der Waals surface area contributed by atoms with Gasteiger partial charge in [-0.3, -0.25) is 4.79 Å². The molecule has 0 radical (unpaired) electrons. The van der Waals surface area contributed by atoms with Crippen molar-refractivity contribution in [3.05, 3.63) is 12.2 Å². The van der Waals surface area contributed by atoms with E-state index in [0.29, 0.717) is 18.4 Å². The zero-order valence-electron chi connectivity index (χ0n) is 15.5. The number of carbonyl (C=O) groups is 1. The van der Waals surface area contributed by atoms with E-state index in [0.717, 1.165) is 0 Å². The van der Waals surface area contributed by atoms with Gasteiger partial charge in [-0.2, -0.15) is 0 Å². The van der Waals surface area contributed by atoms with Crippen molar-refractivity contribution in [2.24, 2.45) is 34.0 Å². The average molecular weight is 378 g/mol. The van der Waals surface area contributed by atoms with Crippen LogP contribution in [-0.4, -0.2) is 69.1 Å². The van der Waals surface area contributed by atoms with Crippen LogP contribution in [0.4, 0.5) is 0 Å². The third-order valence-corrected chi connectivity index (χ3v) is 9.29. The average Bonchev–Trinajstić information content (AvgIpc) is 3.40. The minimum Gasteiger partial charge on any atom is -0.391 e. The Balaban J connectivity index is 1.65. The van der Waals surface area contributed by atoms with E-state index in [1.54, 1.807) is 0 Å². The van der Waals surface area contributed by atoms with E-state index in [4.69, 9.17) is 9.47 Å². The quantitative estimate of drug-likeness (QED) is 0.327. The molecular weight excluding hydrogens is 352 g/mol. The SMILES string of the molecule is C=C1C(=O)[C@]23[C@H](O)[C@H]1CC[C@H]2[C@@]12CO[C@]3(O)[C@@H](O)[C@@H]1C(C)(C)[C@@H](O)[C@H]1O[C@H]12. The van der Waals surface area contributed by atoms with Gasteiger partial charge >= 0.3 is 0 Å². The van der Waals surface area contributed by atoms with Crippen LogP contribution in [0.5, 0.6) is 0 Å². The fraction of sp³-hybridized carbons (Fsp3) is 0.850. The first-order valence-electron chi connectivity index (χ1n) is 9.87. The lowest BCUT2D eigenvalue weighted by molar-refractivity contribution is -0.450. The summed E-state index contributed by atoms with van der Waals surface area (Å²) in [7, 11) is 0. The Hall–Kier alpha value is -0.830. The van der Waals surface area contributed by atoms with Crippen LogP contribution in [-0.2, 0) is 14.3 Å². The predicted octanol–water partition coefficient (Wildman–Crippen LogP) is -0.637. The van der Waals surface area contributed by atoms with Gasteiger partial charge in [0.2, 0.25) is 5.79 Å². The molecule has 7 rings (SSSR count). The molecule has 0 aromatic rings. The van der Waals surface area contributed by atoms with Gasteiger partial charge in [0.1, 0.15) is 17.6 Å². The highest BCUT2D eigenvalue weighted by Gasteiger charge is 2.90. The summed E-state index contributed by atoms with van der Waals surface area (Å²) < 4.78 is 11.8. The molecule has 4 N–H and O–H groups in total. The van der Waals surface area contributed by atoms with E-state index in [-0.39, 0.29) is 24.6 Å². The van der Waals surface area contributed by atoms with Crippen LogP contribution < -0.4 is 0 Å². The number of rotatable bonds is 0. The van der Waals surface area contributed by atoms with Gasteiger partial charge in [0.05, 0.1) is 24.9 Å². The molecule has 7 fully saturated rings. The van der Waals surface area contributed by atoms with Crippen LogP contribution in [0.1, 0.15) is 26.7 Å². The van der Waals surface area contributed by atoms with Crippen molar-refractivity contribution in [3.63, 3.8) is 0 Å². The van der Waals surface area contributed by atoms with Crippen LogP contribution in [0.15, 0.2) is 12.2 Å². The van der Waals surface area contributed by atoms with Crippen molar-refractivity contribution in [3.8, 4) is 0 Å². The number of aliphatic hydroxyl groups is 4. The lowest BCUT2D eigenvalue weighted by atomic mass is 9.36. The highest BCUT2D eigenvalue weighted by Crippen LogP contribution is 2.78. The first-order chi connectivity index (χ1) is 12.6. The number of aliphatic hydroxyl groups excluding tert-OH is 3. The molecule has 7 aliphatic rings. The number of ketones is 1. The maximum Gasteiger partial charge on any atom is 0.208 e. The van der Waals surface area contributed by atoms with Gasteiger partial charge < -0.3 is 29.9 Å². The van der Waals surface area contributed by atoms with Crippen LogP contribution >= 0.6 is 0 Å². The Kier molecular flexibility index (Phi) is 2.75. The number of hydrogen-bond donors (Lipinski definition) is 4. The van der Waals surface area contributed by atoms with Crippen molar-refractivity contribution >= 4 is 5.78 Å². The van der Waals surface area contributed by atoms with Gasteiger partial charge in [-0.05, 0) is 29.7 Å². The molecule has 11 atom stereocenters. The van der Waals surface area contributed by atoms with Crippen molar-refractivity contribution in [1.82, 2.24) is 0 Å². The summed E-state index contributed by atoms with van der Waals surface area (Å²) in [4.78, 5) is 13.4. The minimum atomic E-state index is -2.20. The number of Topliss-reactive ketones (excluding diaryl/α,β-unsaturated/α-hetero) is 1. The lowest BCUT2D eigenvalue weighted by Crippen LogP contribution is -2.85. The summed E-state index contributed by atoms with van der Waals surface area (Å²) in [5.41, 5.74) is -2.77. The number of carbonyl (C=O) groups excluding carboxylic acids is 1. The van der Waals surface area contributed by atoms with E-state index in [9.17, 15) is 25.2 Å². The zero-order valence-corrected chi connectivity index (χ0v) is 15.5. The Morgan fingerprint density at radius 3 is 2.52 bits per heavy atom. The monoisotopic (exact) mass is 378 g/mol. The van der Waals surface area contributed by atoms with E-state index < -0.39 is 58.1 Å². The van der Waals surface area contributed by atoms with Crippen molar-refractivity contribution in [1.29, 1.82) is 0 Å². The standard InChI is InChI=1S/C20H26O7/c1-7-8-4-5-9-18-6-26-20(25,19(9,12(7)21)13(8)22)15(24)11(18)17(2,3)14(23)10-16(18)27-10/h8-11,13-16,22-25H,1,4-6H2,2-3H3/t8-,9-,10+,11+,13+,14-,15-,16+,18-,19-,20+/m0/s1. The zero-order chi connectivity index (χ0) is 19.3.